The van der Waals surface area contributed by atoms with Crippen LogP contribution in [-0.2, 0) is 0 Å². The Bertz CT molecular complexity index is 749. The van der Waals surface area contributed by atoms with Gasteiger partial charge < -0.3 is 9.72 Å². The molecule has 0 aliphatic heterocycles. The third kappa shape index (κ3) is 2.24. The molecule has 0 spiro atoms. The molecule has 0 bridgehead atoms. The molecule has 2 aromatic carbocycles. The number of fused-ring (bicyclic) bond motifs is 1. The lowest BCUT2D eigenvalue weighted by atomic mass is 10.1. The molecule has 96 valence electrons. The van der Waals surface area contributed by atoms with Crippen LogP contribution in [0.1, 0.15) is 5.56 Å². The largest absolute Gasteiger partial charge is 0.496 e. The second kappa shape index (κ2) is 4.70. The second-order valence-corrected chi connectivity index (χ2v) is 5.37. The van der Waals surface area contributed by atoms with Crippen molar-refractivity contribution >= 4 is 27.0 Å². The van der Waals surface area contributed by atoms with E-state index >= 15 is 0 Å². The van der Waals surface area contributed by atoms with Crippen LogP contribution in [0.15, 0.2) is 40.9 Å². The van der Waals surface area contributed by atoms with E-state index in [-0.39, 0.29) is 0 Å². The van der Waals surface area contributed by atoms with Gasteiger partial charge in [-0.25, -0.2) is 4.98 Å². The number of ether oxygens (including phenoxy) is 1. The molecule has 1 aromatic heterocycles. The number of aromatic amines is 1. The monoisotopic (exact) mass is 316 g/mol. The van der Waals surface area contributed by atoms with Crippen LogP contribution in [0, 0.1) is 6.92 Å². The van der Waals surface area contributed by atoms with E-state index in [1.165, 1.54) is 5.56 Å². The van der Waals surface area contributed by atoms with Gasteiger partial charge in [-0.15, -0.1) is 0 Å². The maximum atomic E-state index is 5.41. The molecule has 0 fully saturated rings. The number of benzene rings is 2. The number of aryl methyl sites for hydroxylation is 1. The lowest BCUT2D eigenvalue weighted by Gasteiger charge is -2.06. The van der Waals surface area contributed by atoms with E-state index < -0.39 is 0 Å². The number of hydrogen-bond acceptors (Lipinski definition) is 2. The van der Waals surface area contributed by atoms with Crippen LogP contribution in [0.4, 0.5) is 0 Å². The molecule has 4 heteroatoms. The fraction of sp³-hybridized carbons (Fsp3) is 0.133. The zero-order valence-electron chi connectivity index (χ0n) is 10.7. The molecule has 0 radical (unpaired) electrons. The van der Waals surface area contributed by atoms with Crippen molar-refractivity contribution < 1.29 is 4.74 Å². The van der Waals surface area contributed by atoms with Gasteiger partial charge in [-0.3, -0.25) is 0 Å². The lowest BCUT2D eigenvalue weighted by molar-refractivity contribution is 0.416. The zero-order valence-corrected chi connectivity index (χ0v) is 12.3. The highest BCUT2D eigenvalue weighted by atomic mass is 79.9. The summed E-state index contributed by atoms with van der Waals surface area (Å²) in [5.74, 6) is 1.65. The molecule has 3 aromatic rings. The van der Waals surface area contributed by atoms with E-state index in [2.05, 4.69) is 38.9 Å². The first-order valence-electron chi connectivity index (χ1n) is 5.97. The quantitative estimate of drug-likeness (QED) is 0.765. The highest BCUT2D eigenvalue weighted by Gasteiger charge is 2.11. The maximum Gasteiger partial charge on any atom is 0.142 e. The Morgan fingerprint density at radius 1 is 1.16 bits per heavy atom. The van der Waals surface area contributed by atoms with Gasteiger partial charge in [0.15, 0.2) is 0 Å². The smallest absolute Gasteiger partial charge is 0.142 e. The number of H-pyrrole nitrogens is 1. The van der Waals surface area contributed by atoms with Gasteiger partial charge in [-0.1, -0.05) is 27.6 Å². The Balaban J connectivity index is 2.21. The number of hydrogen-bond donors (Lipinski definition) is 1. The molecule has 0 aliphatic carbocycles. The number of nitrogens with one attached hydrogen (secondary N) is 1. The van der Waals surface area contributed by atoms with Crippen LogP contribution < -0.4 is 4.74 Å². The summed E-state index contributed by atoms with van der Waals surface area (Å²) in [5, 5.41) is 0. The van der Waals surface area contributed by atoms with Crippen molar-refractivity contribution in [1.82, 2.24) is 9.97 Å². The average Bonchev–Trinajstić information content (AvgIpc) is 2.81. The Morgan fingerprint density at radius 2 is 2.00 bits per heavy atom. The summed E-state index contributed by atoms with van der Waals surface area (Å²) < 4.78 is 6.44. The van der Waals surface area contributed by atoms with Crippen molar-refractivity contribution in [1.29, 1.82) is 0 Å². The van der Waals surface area contributed by atoms with E-state index in [0.29, 0.717) is 0 Å². The second-order valence-electron chi connectivity index (χ2n) is 4.45. The van der Waals surface area contributed by atoms with Gasteiger partial charge in [0, 0.05) is 4.47 Å². The van der Waals surface area contributed by atoms with Crippen LogP contribution in [0.25, 0.3) is 22.4 Å². The fourth-order valence-corrected chi connectivity index (χ4v) is 2.48. The van der Waals surface area contributed by atoms with E-state index in [0.717, 1.165) is 32.6 Å². The van der Waals surface area contributed by atoms with Gasteiger partial charge in [0.05, 0.1) is 23.7 Å². The number of methoxy groups -OCH3 is 1. The predicted molar refractivity (Wildman–Crippen MR) is 80.5 cm³/mol. The van der Waals surface area contributed by atoms with Crippen LogP contribution >= 0.6 is 15.9 Å². The molecule has 3 rings (SSSR count). The summed E-state index contributed by atoms with van der Waals surface area (Å²) in [6.45, 7) is 2.06. The molecule has 0 atom stereocenters. The van der Waals surface area contributed by atoms with E-state index in [4.69, 9.17) is 4.74 Å². The third-order valence-electron chi connectivity index (χ3n) is 3.05. The molecule has 0 aliphatic rings. The van der Waals surface area contributed by atoms with Gasteiger partial charge in [-0.2, -0.15) is 0 Å². The van der Waals surface area contributed by atoms with E-state index in [1.54, 1.807) is 7.11 Å². The first-order valence-corrected chi connectivity index (χ1v) is 6.77. The SMILES string of the molecule is COc1ccc(C)cc1-c1nc2ccc(Br)cc2[nH]1. The molecule has 19 heavy (non-hydrogen) atoms. The van der Waals surface area contributed by atoms with E-state index in [9.17, 15) is 0 Å². The summed E-state index contributed by atoms with van der Waals surface area (Å²) in [7, 11) is 1.67. The van der Waals surface area contributed by atoms with Crippen molar-refractivity contribution in [2.45, 2.75) is 6.92 Å². The third-order valence-corrected chi connectivity index (χ3v) is 3.55. The average molecular weight is 317 g/mol. The van der Waals surface area contributed by atoms with E-state index in [1.807, 2.05) is 30.3 Å². The number of imidazole rings is 1. The molecule has 0 saturated heterocycles. The predicted octanol–water partition coefficient (Wildman–Crippen LogP) is 4.31. The Hall–Kier alpha value is -1.81. The molecular weight excluding hydrogens is 304 g/mol. The maximum absolute atomic E-state index is 5.41. The normalized spacial score (nSPS) is 10.9. The molecule has 3 nitrogen and oxygen atoms in total. The number of nitrogens with zero attached hydrogens (tertiary/aromatic N) is 1. The summed E-state index contributed by atoms with van der Waals surface area (Å²) in [6, 6.07) is 12.1. The van der Waals surface area contributed by atoms with Gasteiger partial charge >= 0.3 is 0 Å². The minimum absolute atomic E-state index is 0.823. The zero-order chi connectivity index (χ0) is 13.4. The van der Waals surface area contributed by atoms with Crippen molar-refractivity contribution in [3.8, 4) is 17.1 Å². The standard InChI is InChI=1S/C15H13BrN2O/c1-9-3-6-14(19-2)11(7-9)15-17-12-5-4-10(16)8-13(12)18-15/h3-8H,1-2H3,(H,17,18). The minimum Gasteiger partial charge on any atom is -0.496 e. The summed E-state index contributed by atoms with van der Waals surface area (Å²) in [5.41, 5.74) is 4.11. The van der Waals surface area contributed by atoms with Gasteiger partial charge in [0.25, 0.3) is 0 Å². The van der Waals surface area contributed by atoms with Crippen LogP contribution in [0.5, 0.6) is 5.75 Å². The lowest BCUT2D eigenvalue weighted by Crippen LogP contribution is -1.90. The number of rotatable bonds is 2. The first-order chi connectivity index (χ1) is 9.17. The van der Waals surface area contributed by atoms with Crippen LogP contribution in [0.3, 0.4) is 0 Å². The molecule has 1 heterocycles. The molecule has 0 amide bonds. The topological polar surface area (TPSA) is 37.9 Å². The van der Waals surface area contributed by atoms with Crippen molar-refractivity contribution in [2.24, 2.45) is 0 Å². The van der Waals surface area contributed by atoms with Crippen molar-refractivity contribution in [2.75, 3.05) is 7.11 Å². The Morgan fingerprint density at radius 3 is 2.79 bits per heavy atom. The van der Waals surface area contributed by atoms with Gasteiger partial charge in [0.1, 0.15) is 11.6 Å². The minimum atomic E-state index is 0.823. The highest BCUT2D eigenvalue weighted by molar-refractivity contribution is 9.10. The van der Waals surface area contributed by atoms with Crippen LogP contribution in [0.2, 0.25) is 0 Å². The van der Waals surface area contributed by atoms with Crippen molar-refractivity contribution in [3.63, 3.8) is 0 Å². The first kappa shape index (κ1) is 12.2. The summed E-state index contributed by atoms with van der Waals surface area (Å²) in [6.07, 6.45) is 0. The van der Waals surface area contributed by atoms with Gasteiger partial charge in [-0.05, 0) is 37.3 Å². The van der Waals surface area contributed by atoms with Crippen LogP contribution in [-0.4, -0.2) is 17.1 Å². The summed E-state index contributed by atoms with van der Waals surface area (Å²) in [4.78, 5) is 7.95. The van der Waals surface area contributed by atoms with Crippen molar-refractivity contribution in [3.05, 3.63) is 46.4 Å². The fourth-order valence-electron chi connectivity index (χ4n) is 2.12. The summed E-state index contributed by atoms with van der Waals surface area (Å²) >= 11 is 3.47. The molecule has 0 unspecified atom stereocenters. The molecule has 0 saturated carbocycles. The number of aromatic nitrogens is 2. The Kier molecular flexibility index (Phi) is 3.03. The molecule has 1 N–H and O–H groups in total. The Labute approximate surface area is 119 Å². The highest BCUT2D eigenvalue weighted by Crippen LogP contribution is 2.30. The molecular formula is C15H13BrN2O. The number of halogens is 1. The van der Waals surface area contributed by atoms with Gasteiger partial charge in [0.2, 0.25) is 0 Å².